The molecule has 3 rings (SSSR count). The van der Waals surface area contributed by atoms with E-state index in [0.717, 1.165) is 50.8 Å². The van der Waals surface area contributed by atoms with Gasteiger partial charge in [-0.2, -0.15) is 0 Å². The highest BCUT2D eigenvalue weighted by atomic mass is 16.5. The van der Waals surface area contributed by atoms with E-state index in [1.165, 1.54) is 11.1 Å². The predicted octanol–water partition coefficient (Wildman–Crippen LogP) is 3.09. The zero-order valence-corrected chi connectivity index (χ0v) is 18.3. The highest BCUT2D eigenvalue weighted by Crippen LogP contribution is 2.20. The molecule has 2 aromatic carbocycles. The summed E-state index contributed by atoms with van der Waals surface area (Å²) in [6, 6.07) is 16.6. The molecule has 0 saturated carbocycles. The normalized spacial score (nSPS) is 15.6. The van der Waals surface area contributed by atoms with Gasteiger partial charge >= 0.3 is 0 Å². The van der Waals surface area contributed by atoms with Gasteiger partial charge in [0.1, 0.15) is 18.1 Å². The average Bonchev–Trinajstić information content (AvgIpc) is 2.78. The van der Waals surface area contributed by atoms with Crippen molar-refractivity contribution in [2.45, 2.75) is 26.4 Å². The van der Waals surface area contributed by atoms with Crippen molar-refractivity contribution in [3.63, 3.8) is 0 Å². The number of hydrogen-bond donors (Lipinski definition) is 1. The van der Waals surface area contributed by atoms with Crippen molar-refractivity contribution in [3.8, 4) is 11.5 Å². The first kappa shape index (κ1) is 22.1. The highest BCUT2D eigenvalue weighted by molar-refractivity contribution is 5.73. The van der Waals surface area contributed by atoms with Gasteiger partial charge < -0.3 is 19.7 Å². The molecule has 1 heterocycles. The second-order valence-corrected chi connectivity index (χ2v) is 7.72. The van der Waals surface area contributed by atoms with Gasteiger partial charge in [0.25, 0.3) is 0 Å². The average molecular weight is 412 g/mol. The summed E-state index contributed by atoms with van der Waals surface area (Å²) in [4.78, 5) is 15.7. The molecule has 30 heavy (non-hydrogen) atoms. The molecular formula is C24H33N3O3. The van der Waals surface area contributed by atoms with Crippen LogP contribution in [0.5, 0.6) is 11.5 Å². The van der Waals surface area contributed by atoms with E-state index in [9.17, 15) is 4.79 Å². The van der Waals surface area contributed by atoms with Crippen LogP contribution in [0.25, 0.3) is 0 Å². The Kier molecular flexibility index (Phi) is 8.11. The van der Waals surface area contributed by atoms with Gasteiger partial charge in [-0.05, 0) is 42.3 Å². The smallest absolute Gasteiger partial charge is 0.219 e. The van der Waals surface area contributed by atoms with Crippen LogP contribution in [0.2, 0.25) is 0 Å². The lowest BCUT2D eigenvalue weighted by atomic mass is 10.1. The first-order valence-corrected chi connectivity index (χ1v) is 10.6. The molecule has 1 amide bonds. The maximum Gasteiger partial charge on any atom is 0.219 e. The van der Waals surface area contributed by atoms with Crippen molar-refractivity contribution in [1.29, 1.82) is 0 Å². The Morgan fingerprint density at radius 2 is 1.80 bits per heavy atom. The first-order valence-electron chi connectivity index (χ1n) is 10.6. The molecule has 1 N–H and O–H groups in total. The van der Waals surface area contributed by atoms with Crippen LogP contribution in [0, 0.1) is 0 Å². The number of rotatable bonds is 9. The monoisotopic (exact) mass is 411 g/mol. The number of amides is 1. The molecular weight excluding hydrogens is 378 g/mol. The van der Waals surface area contributed by atoms with Crippen molar-refractivity contribution in [2.24, 2.45) is 0 Å². The third-order valence-corrected chi connectivity index (χ3v) is 5.60. The zero-order chi connectivity index (χ0) is 21.3. The predicted molar refractivity (Wildman–Crippen MR) is 119 cm³/mol. The number of piperazine rings is 1. The number of benzene rings is 2. The zero-order valence-electron chi connectivity index (χ0n) is 18.3. The lowest BCUT2D eigenvalue weighted by Crippen LogP contribution is -2.48. The van der Waals surface area contributed by atoms with Crippen LogP contribution in [0.3, 0.4) is 0 Å². The van der Waals surface area contributed by atoms with Crippen LogP contribution in [0.15, 0.2) is 48.5 Å². The Hall–Kier alpha value is -2.57. The highest BCUT2D eigenvalue weighted by Gasteiger charge is 2.18. The molecule has 0 unspecified atom stereocenters. The fourth-order valence-electron chi connectivity index (χ4n) is 3.62. The van der Waals surface area contributed by atoms with Crippen molar-refractivity contribution < 1.29 is 14.3 Å². The van der Waals surface area contributed by atoms with E-state index in [-0.39, 0.29) is 11.9 Å². The fourth-order valence-corrected chi connectivity index (χ4v) is 3.62. The van der Waals surface area contributed by atoms with E-state index in [1.807, 2.05) is 29.2 Å². The van der Waals surface area contributed by atoms with Crippen LogP contribution < -0.4 is 14.8 Å². The molecule has 2 aromatic rings. The Morgan fingerprint density at radius 3 is 2.53 bits per heavy atom. The van der Waals surface area contributed by atoms with Crippen molar-refractivity contribution in [2.75, 3.05) is 46.4 Å². The van der Waals surface area contributed by atoms with Gasteiger partial charge in [-0.3, -0.25) is 9.69 Å². The Labute approximate surface area is 179 Å². The van der Waals surface area contributed by atoms with E-state index in [2.05, 4.69) is 41.4 Å². The van der Waals surface area contributed by atoms with E-state index in [0.29, 0.717) is 6.61 Å². The molecule has 162 valence electrons. The summed E-state index contributed by atoms with van der Waals surface area (Å²) in [6.45, 7) is 9.52. The molecule has 0 aliphatic carbocycles. The number of hydrogen-bond acceptors (Lipinski definition) is 5. The van der Waals surface area contributed by atoms with Gasteiger partial charge in [0.2, 0.25) is 5.91 Å². The lowest BCUT2D eigenvalue weighted by molar-refractivity contribution is -0.130. The molecule has 0 spiro atoms. The van der Waals surface area contributed by atoms with E-state index in [4.69, 9.17) is 9.47 Å². The van der Waals surface area contributed by atoms with Crippen LogP contribution in [0.4, 0.5) is 0 Å². The van der Waals surface area contributed by atoms with E-state index >= 15 is 0 Å². The van der Waals surface area contributed by atoms with Gasteiger partial charge in [-0.25, -0.2) is 0 Å². The third-order valence-electron chi connectivity index (χ3n) is 5.60. The summed E-state index contributed by atoms with van der Waals surface area (Å²) in [5.74, 6) is 1.93. The molecule has 1 fully saturated rings. The summed E-state index contributed by atoms with van der Waals surface area (Å²) >= 11 is 0. The van der Waals surface area contributed by atoms with Crippen LogP contribution >= 0.6 is 0 Å². The van der Waals surface area contributed by atoms with Crippen LogP contribution in [-0.4, -0.2) is 62.1 Å². The van der Waals surface area contributed by atoms with Crippen LogP contribution in [-0.2, 0) is 11.3 Å². The SMILES string of the molecule is COc1cccc([C@@H](C)NCc2cccc(OCCN3CCN(C(C)=O)CC3)c2)c1. The minimum atomic E-state index is 0.164. The quantitative estimate of drug-likeness (QED) is 0.687. The van der Waals surface area contributed by atoms with Gasteiger partial charge in [0.05, 0.1) is 7.11 Å². The molecule has 1 saturated heterocycles. The number of nitrogens with one attached hydrogen (secondary N) is 1. The van der Waals surface area contributed by atoms with Gasteiger partial charge in [-0.1, -0.05) is 24.3 Å². The summed E-state index contributed by atoms with van der Waals surface area (Å²) in [7, 11) is 1.69. The van der Waals surface area contributed by atoms with Gasteiger partial charge in [0, 0.05) is 52.2 Å². The maximum absolute atomic E-state index is 11.4. The van der Waals surface area contributed by atoms with Gasteiger partial charge in [0.15, 0.2) is 0 Å². The Balaban J connectivity index is 1.42. The number of carbonyl (C=O) groups is 1. The summed E-state index contributed by atoms with van der Waals surface area (Å²) < 4.78 is 11.3. The van der Waals surface area contributed by atoms with E-state index < -0.39 is 0 Å². The Bertz CT molecular complexity index is 819. The van der Waals surface area contributed by atoms with Crippen molar-refractivity contribution in [3.05, 3.63) is 59.7 Å². The molecule has 0 bridgehead atoms. The maximum atomic E-state index is 11.4. The summed E-state index contributed by atoms with van der Waals surface area (Å²) in [5.41, 5.74) is 2.39. The van der Waals surface area contributed by atoms with Gasteiger partial charge in [-0.15, -0.1) is 0 Å². The second kappa shape index (κ2) is 11.0. The van der Waals surface area contributed by atoms with Crippen molar-refractivity contribution >= 4 is 5.91 Å². The molecule has 0 aromatic heterocycles. The van der Waals surface area contributed by atoms with Crippen LogP contribution in [0.1, 0.15) is 31.0 Å². The van der Waals surface area contributed by atoms with Crippen molar-refractivity contribution in [1.82, 2.24) is 15.1 Å². The minimum Gasteiger partial charge on any atom is -0.497 e. The standard InChI is InChI=1S/C24H33N3O3/c1-19(22-7-5-8-23(17-22)29-3)25-18-21-6-4-9-24(16-21)30-15-14-26-10-12-27(13-11-26)20(2)28/h4-9,16-17,19,25H,10-15,18H2,1-3H3/t19-/m1/s1. The Morgan fingerprint density at radius 1 is 1.07 bits per heavy atom. The minimum absolute atomic E-state index is 0.164. The number of carbonyl (C=O) groups excluding carboxylic acids is 1. The van der Waals surface area contributed by atoms with E-state index in [1.54, 1.807) is 14.0 Å². The number of nitrogens with zero attached hydrogens (tertiary/aromatic N) is 2. The lowest BCUT2D eigenvalue weighted by Gasteiger charge is -2.34. The molecule has 6 heteroatoms. The second-order valence-electron chi connectivity index (χ2n) is 7.72. The third kappa shape index (κ3) is 6.47. The number of ether oxygens (including phenoxy) is 2. The largest absolute Gasteiger partial charge is 0.497 e. The first-order chi connectivity index (χ1) is 14.5. The molecule has 1 aliphatic rings. The molecule has 1 aliphatic heterocycles. The fraction of sp³-hybridized carbons (Fsp3) is 0.458. The topological polar surface area (TPSA) is 54.0 Å². The molecule has 0 radical (unpaired) electrons. The number of methoxy groups -OCH3 is 1. The molecule has 6 nitrogen and oxygen atoms in total. The molecule has 1 atom stereocenters. The summed E-state index contributed by atoms with van der Waals surface area (Å²) in [6.07, 6.45) is 0. The summed E-state index contributed by atoms with van der Waals surface area (Å²) in [5, 5.41) is 3.56.